The first-order valence-electron chi connectivity index (χ1n) is 2.84. The van der Waals surface area contributed by atoms with Crippen molar-refractivity contribution in [2.24, 2.45) is 0 Å². The summed E-state index contributed by atoms with van der Waals surface area (Å²) in [6.07, 6.45) is 1.92. The van der Waals surface area contributed by atoms with Gasteiger partial charge in [-0.05, 0) is 6.08 Å². The molecule has 0 amide bonds. The van der Waals surface area contributed by atoms with Gasteiger partial charge in [0.1, 0.15) is 0 Å². The second-order valence-electron chi connectivity index (χ2n) is 2.63. The van der Waals surface area contributed by atoms with Gasteiger partial charge in [-0.1, -0.05) is 6.58 Å². The Morgan fingerprint density at radius 1 is 1.50 bits per heavy atom. The van der Waals surface area contributed by atoms with Gasteiger partial charge in [-0.15, -0.1) is 0 Å². The lowest BCUT2D eigenvalue weighted by Gasteiger charge is -2.25. The summed E-state index contributed by atoms with van der Waals surface area (Å²) in [6, 6.07) is 0. The Bertz CT molecular complexity index is 74.5. The average molecular weight is 113 g/mol. The number of likely N-dealkylation sites (N-methyl/N-ethyl adjacent to an activating group) is 1. The summed E-state index contributed by atoms with van der Waals surface area (Å²) in [5, 5.41) is 0. The first kappa shape index (κ1) is 7.70. The van der Waals surface area contributed by atoms with Gasteiger partial charge in [-0.2, -0.15) is 0 Å². The van der Waals surface area contributed by atoms with Crippen molar-refractivity contribution >= 4 is 0 Å². The molecule has 0 bridgehead atoms. The maximum Gasteiger partial charge on any atom is 0.0966 e. The van der Waals surface area contributed by atoms with Gasteiger partial charge in [0.05, 0.1) is 27.2 Å². The molecule has 0 saturated heterocycles. The smallest absolute Gasteiger partial charge is 0.0966 e. The summed E-state index contributed by atoms with van der Waals surface area (Å²) < 4.78 is 0.934. The fourth-order valence-electron chi connectivity index (χ4n) is 0.441. The van der Waals surface area contributed by atoms with Crippen LogP contribution in [0.25, 0.3) is 0 Å². The van der Waals surface area contributed by atoms with Crippen LogP contribution in [0.5, 0.6) is 0 Å². The van der Waals surface area contributed by atoms with Crippen LogP contribution in [-0.4, -0.2) is 31.7 Å². The molecular weight excluding hydrogens is 98.1 g/mol. The predicted octanol–water partition coefficient (Wildman–Crippen LogP) is 1.08. The van der Waals surface area contributed by atoms with Crippen LogP contribution in [0.1, 0.15) is 0 Å². The monoisotopic (exact) mass is 113 g/mol. The van der Waals surface area contributed by atoms with E-state index in [4.69, 9.17) is 0 Å². The number of nitrogens with zero attached hydrogens (tertiary/aromatic N) is 1. The van der Waals surface area contributed by atoms with Crippen LogP contribution in [0.2, 0.25) is 0 Å². The molecule has 1 nitrogen and oxygen atoms in total. The third-order valence-corrected chi connectivity index (χ3v) is 1.23. The lowest BCUT2D eigenvalue weighted by atomic mass is 10.4. The van der Waals surface area contributed by atoms with Crippen LogP contribution in [0.3, 0.4) is 0 Å². The number of quaternary nitrogens is 1. The molecule has 47 valence electrons. The van der Waals surface area contributed by atoms with Gasteiger partial charge in [-0.3, -0.25) is 0 Å². The lowest BCUT2D eigenvalue weighted by Crippen LogP contribution is -2.39. The van der Waals surface area contributed by atoms with Gasteiger partial charge < -0.3 is 4.48 Å². The third kappa shape index (κ3) is 2.80. The van der Waals surface area contributed by atoms with Crippen molar-refractivity contribution in [3.8, 4) is 0 Å². The highest BCUT2D eigenvalue weighted by Gasteiger charge is 2.06. The minimum Gasteiger partial charge on any atom is -0.325 e. The van der Waals surface area contributed by atoms with Crippen molar-refractivity contribution in [2.75, 3.05) is 27.2 Å². The molecule has 0 saturated carbocycles. The standard InChI is InChI=1S/C7H15N/c1-5-7-8(3,4)6-2/h5H,1-2,6-7H2,3-4H3/q+1. The Hall–Kier alpha value is -0.300. The fourth-order valence-corrected chi connectivity index (χ4v) is 0.441. The van der Waals surface area contributed by atoms with Gasteiger partial charge in [0, 0.05) is 6.92 Å². The normalized spacial score (nSPS) is 11.4. The minimum absolute atomic E-state index is 0.923. The summed E-state index contributed by atoms with van der Waals surface area (Å²) >= 11 is 0. The maximum absolute atomic E-state index is 3.80. The van der Waals surface area contributed by atoms with E-state index < -0.39 is 0 Å². The van der Waals surface area contributed by atoms with E-state index in [1.807, 2.05) is 6.08 Å². The highest BCUT2D eigenvalue weighted by Crippen LogP contribution is 1.93. The molecule has 0 atom stereocenters. The Morgan fingerprint density at radius 2 is 2.00 bits per heavy atom. The Labute approximate surface area is 52.2 Å². The van der Waals surface area contributed by atoms with E-state index in [2.05, 4.69) is 27.6 Å². The molecule has 0 N–H and O–H groups in total. The Kier molecular flexibility index (Phi) is 2.77. The second-order valence-corrected chi connectivity index (χ2v) is 2.63. The molecule has 0 aromatic heterocycles. The van der Waals surface area contributed by atoms with Crippen molar-refractivity contribution < 1.29 is 4.48 Å². The molecule has 0 aliphatic carbocycles. The summed E-state index contributed by atoms with van der Waals surface area (Å²) in [5.74, 6) is 0. The molecular formula is C7H15N+. The SMILES string of the molecule is [CH2]C[N+](C)(C)CC=C. The van der Waals surface area contributed by atoms with E-state index in [0.29, 0.717) is 0 Å². The molecule has 0 fully saturated rings. The molecule has 0 unspecified atom stereocenters. The summed E-state index contributed by atoms with van der Waals surface area (Å²) in [5.41, 5.74) is 0. The first-order valence-corrected chi connectivity index (χ1v) is 2.84. The lowest BCUT2D eigenvalue weighted by molar-refractivity contribution is -0.879. The van der Waals surface area contributed by atoms with Crippen molar-refractivity contribution in [1.82, 2.24) is 0 Å². The quantitative estimate of drug-likeness (QED) is 0.379. The number of rotatable bonds is 3. The molecule has 0 aliphatic heterocycles. The van der Waals surface area contributed by atoms with Crippen LogP contribution in [-0.2, 0) is 0 Å². The van der Waals surface area contributed by atoms with E-state index >= 15 is 0 Å². The van der Waals surface area contributed by atoms with Crippen molar-refractivity contribution in [2.45, 2.75) is 0 Å². The number of hydrogen-bond donors (Lipinski definition) is 0. The Balaban J connectivity index is 3.53. The molecule has 0 spiro atoms. The molecule has 1 radical (unpaired) electrons. The van der Waals surface area contributed by atoms with Gasteiger partial charge in [-0.25, -0.2) is 0 Å². The van der Waals surface area contributed by atoms with E-state index in [9.17, 15) is 0 Å². The van der Waals surface area contributed by atoms with Crippen LogP contribution in [0.15, 0.2) is 12.7 Å². The molecule has 0 aromatic rings. The van der Waals surface area contributed by atoms with E-state index in [-0.39, 0.29) is 0 Å². The summed E-state index contributed by atoms with van der Waals surface area (Å²) in [4.78, 5) is 0. The van der Waals surface area contributed by atoms with E-state index in [1.54, 1.807) is 0 Å². The highest BCUT2D eigenvalue weighted by molar-refractivity contribution is 4.64. The topological polar surface area (TPSA) is 0 Å². The van der Waals surface area contributed by atoms with Crippen molar-refractivity contribution in [1.29, 1.82) is 0 Å². The van der Waals surface area contributed by atoms with Crippen LogP contribution in [0.4, 0.5) is 0 Å². The van der Waals surface area contributed by atoms with Gasteiger partial charge in [0.25, 0.3) is 0 Å². The van der Waals surface area contributed by atoms with Crippen LogP contribution < -0.4 is 0 Å². The zero-order chi connectivity index (χ0) is 6.62. The molecule has 8 heavy (non-hydrogen) atoms. The van der Waals surface area contributed by atoms with Gasteiger partial charge in [0.15, 0.2) is 0 Å². The molecule has 0 aromatic carbocycles. The maximum atomic E-state index is 3.80. The largest absolute Gasteiger partial charge is 0.325 e. The fraction of sp³-hybridized carbons (Fsp3) is 0.571. The predicted molar refractivity (Wildman–Crippen MR) is 37.4 cm³/mol. The Morgan fingerprint density at radius 3 is 2.12 bits per heavy atom. The van der Waals surface area contributed by atoms with E-state index in [0.717, 1.165) is 17.6 Å². The molecule has 0 aliphatic rings. The van der Waals surface area contributed by atoms with Crippen molar-refractivity contribution in [3.63, 3.8) is 0 Å². The number of hydrogen-bond acceptors (Lipinski definition) is 0. The first-order chi connectivity index (χ1) is 3.62. The second kappa shape index (κ2) is 2.88. The van der Waals surface area contributed by atoms with Crippen molar-refractivity contribution in [3.05, 3.63) is 19.6 Å². The third-order valence-electron chi connectivity index (χ3n) is 1.23. The molecule has 0 heterocycles. The van der Waals surface area contributed by atoms with Crippen LogP contribution in [0, 0.1) is 6.92 Å². The average Bonchev–Trinajstić information content (AvgIpc) is 1.67. The molecule has 0 rings (SSSR count). The summed E-state index contributed by atoms with van der Waals surface area (Å²) in [7, 11) is 4.27. The van der Waals surface area contributed by atoms with E-state index in [1.165, 1.54) is 0 Å². The molecule has 1 heteroatoms. The van der Waals surface area contributed by atoms with Gasteiger partial charge >= 0.3 is 0 Å². The minimum atomic E-state index is 0.923. The zero-order valence-corrected chi connectivity index (χ0v) is 5.85. The zero-order valence-electron chi connectivity index (χ0n) is 5.85. The van der Waals surface area contributed by atoms with Gasteiger partial charge in [0.2, 0.25) is 0 Å². The summed E-state index contributed by atoms with van der Waals surface area (Å²) in [6.45, 7) is 9.38. The van der Waals surface area contributed by atoms with Crippen LogP contribution >= 0.6 is 0 Å². The highest BCUT2D eigenvalue weighted by atomic mass is 15.3.